The quantitative estimate of drug-likeness (QED) is 0.111. The summed E-state index contributed by atoms with van der Waals surface area (Å²) in [7, 11) is 0. The Balaban J connectivity index is 0.974. The van der Waals surface area contributed by atoms with Crippen molar-refractivity contribution < 1.29 is 31.1 Å². The molecule has 0 radical (unpaired) electrons. The SMILES string of the molecule is CCCN1CCN(C(=O)c2ccc(N[I-]CCCN3CCN(C(=O)c4ccc(N)cc4N4CCCCCC4)CC3)cc2N2CCCCCC2)CC1. The van der Waals surface area contributed by atoms with Crippen LogP contribution in [0.5, 0.6) is 0 Å². The number of nitrogens with zero attached hydrogens (tertiary/aromatic N) is 6. The van der Waals surface area contributed by atoms with Gasteiger partial charge in [0, 0.05) is 0 Å². The minimum atomic E-state index is -0.209. The van der Waals surface area contributed by atoms with E-state index in [0.717, 1.165) is 138 Å². The molecule has 4 saturated heterocycles. The van der Waals surface area contributed by atoms with Gasteiger partial charge in [-0.2, -0.15) is 0 Å². The van der Waals surface area contributed by atoms with Gasteiger partial charge in [0.15, 0.2) is 0 Å². The van der Waals surface area contributed by atoms with Crippen LogP contribution in [0.3, 0.4) is 0 Å². The summed E-state index contributed by atoms with van der Waals surface area (Å²) in [6, 6.07) is 12.3. The first-order valence-electron chi connectivity index (χ1n) is 19.9. The van der Waals surface area contributed by atoms with Crippen molar-refractivity contribution in [1.82, 2.24) is 19.6 Å². The van der Waals surface area contributed by atoms with Gasteiger partial charge in [-0.15, -0.1) is 0 Å². The molecule has 0 spiro atoms. The zero-order chi connectivity index (χ0) is 35.4. The Kier molecular flexibility index (Phi) is 14.4. The Hall–Kier alpha value is -2.77. The molecule has 0 atom stereocenters. The van der Waals surface area contributed by atoms with Gasteiger partial charge < -0.3 is 5.73 Å². The Morgan fingerprint density at radius 3 is 1.65 bits per heavy atom. The number of carbonyl (C=O) groups excluding carboxylic acids is 2. The van der Waals surface area contributed by atoms with Crippen LogP contribution in [0.25, 0.3) is 0 Å². The van der Waals surface area contributed by atoms with Gasteiger partial charge in [0.05, 0.1) is 0 Å². The predicted molar refractivity (Wildman–Crippen MR) is 207 cm³/mol. The Bertz CT molecular complexity index is 1410. The molecular weight excluding hydrogens is 751 g/mol. The molecule has 4 aliphatic rings. The van der Waals surface area contributed by atoms with E-state index in [1.807, 2.05) is 23.1 Å². The molecule has 11 heteroatoms. The molecule has 2 amide bonds. The van der Waals surface area contributed by atoms with Gasteiger partial charge in [-0.05, 0) is 12.8 Å². The molecule has 0 aromatic heterocycles. The van der Waals surface area contributed by atoms with Crippen molar-refractivity contribution in [3.05, 3.63) is 47.5 Å². The summed E-state index contributed by atoms with van der Waals surface area (Å²) in [4.78, 5) is 41.5. The first-order chi connectivity index (χ1) is 25.0. The van der Waals surface area contributed by atoms with Crippen LogP contribution in [-0.4, -0.2) is 127 Å². The van der Waals surface area contributed by atoms with E-state index in [-0.39, 0.29) is 33.3 Å². The normalized spacial score (nSPS) is 19.9. The Labute approximate surface area is 317 Å². The summed E-state index contributed by atoms with van der Waals surface area (Å²) in [5.41, 5.74) is 11.9. The number of halogens is 1. The first-order valence-corrected chi connectivity index (χ1v) is 22.5. The summed E-state index contributed by atoms with van der Waals surface area (Å²) >= 11 is -0.209. The minimum absolute atomic E-state index is 0.144. The number of nitrogens with one attached hydrogen (secondary N) is 1. The fourth-order valence-electron chi connectivity index (χ4n) is 8.13. The molecular formula is C40H62IN8O2-. The van der Waals surface area contributed by atoms with Crippen LogP contribution in [-0.2, 0) is 0 Å². The zero-order valence-electron chi connectivity index (χ0n) is 31.1. The Morgan fingerprint density at radius 1 is 0.627 bits per heavy atom. The number of rotatable bonds is 12. The molecule has 10 nitrogen and oxygen atoms in total. The molecule has 4 fully saturated rings. The third-order valence-corrected chi connectivity index (χ3v) is 13.4. The van der Waals surface area contributed by atoms with E-state index in [9.17, 15) is 9.59 Å². The number of hydrogen-bond donors (Lipinski definition) is 2. The summed E-state index contributed by atoms with van der Waals surface area (Å²) in [6.45, 7) is 15.4. The summed E-state index contributed by atoms with van der Waals surface area (Å²) in [5.74, 6) is 0.338. The van der Waals surface area contributed by atoms with Crippen LogP contribution < -0.4 is 40.5 Å². The number of hydrogen-bond acceptors (Lipinski definition) is 8. The monoisotopic (exact) mass is 813 g/mol. The average molecular weight is 814 g/mol. The van der Waals surface area contributed by atoms with Crippen molar-refractivity contribution in [1.29, 1.82) is 0 Å². The first kappa shape index (κ1) is 38.0. The van der Waals surface area contributed by atoms with E-state index in [1.54, 1.807) is 0 Å². The van der Waals surface area contributed by atoms with Crippen molar-refractivity contribution >= 4 is 34.6 Å². The molecule has 4 heterocycles. The van der Waals surface area contributed by atoms with E-state index < -0.39 is 0 Å². The number of anilines is 4. The number of benzene rings is 2. The molecule has 282 valence electrons. The summed E-state index contributed by atoms with van der Waals surface area (Å²) in [6.07, 6.45) is 12.1. The van der Waals surface area contributed by atoms with Crippen molar-refractivity contribution in [2.75, 3.05) is 115 Å². The van der Waals surface area contributed by atoms with Crippen LogP contribution in [0.15, 0.2) is 36.4 Å². The van der Waals surface area contributed by atoms with Crippen LogP contribution in [0, 0.1) is 0 Å². The standard InChI is InChI=1S/C40H62IN8O2/c1-2-17-44-23-27-48(28-24-44)40(51)36-15-13-34(32-38(36)47-21-9-5-6-10-22-47)43-41-16-11-18-45-25-29-49(30-26-45)39(50)35-14-12-33(42)31-37(35)46-19-7-3-4-8-20-46/h12-15,31-32,43H,2-11,16-30,42H2,1H3/q-1. The van der Waals surface area contributed by atoms with Crippen molar-refractivity contribution in [2.45, 2.75) is 71.1 Å². The van der Waals surface area contributed by atoms with Crippen molar-refractivity contribution in [2.24, 2.45) is 0 Å². The third kappa shape index (κ3) is 10.4. The van der Waals surface area contributed by atoms with Crippen LogP contribution in [0.1, 0.15) is 91.8 Å². The molecule has 3 N–H and O–H groups in total. The molecule has 0 saturated carbocycles. The summed E-state index contributed by atoms with van der Waals surface area (Å²) < 4.78 is 4.98. The number of nitrogens with two attached hydrogens (primary N) is 1. The van der Waals surface area contributed by atoms with E-state index in [4.69, 9.17) is 5.73 Å². The van der Waals surface area contributed by atoms with E-state index >= 15 is 0 Å². The number of alkyl halides is 1. The second-order valence-corrected chi connectivity index (χ2v) is 17.2. The van der Waals surface area contributed by atoms with E-state index in [1.165, 1.54) is 55.8 Å². The van der Waals surface area contributed by atoms with Gasteiger partial charge >= 0.3 is 281 Å². The molecule has 51 heavy (non-hydrogen) atoms. The average Bonchev–Trinajstić information content (AvgIpc) is 3.61. The van der Waals surface area contributed by atoms with Gasteiger partial charge in [-0.1, -0.05) is 19.8 Å². The molecule has 4 aliphatic heterocycles. The molecule has 2 aromatic carbocycles. The number of piperazine rings is 2. The zero-order valence-corrected chi connectivity index (χ0v) is 33.3. The van der Waals surface area contributed by atoms with Gasteiger partial charge in [0.25, 0.3) is 0 Å². The summed E-state index contributed by atoms with van der Waals surface area (Å²) in [5, 5.41) is 0. The molecule has 0 bridgehead atoms. The third-order valence-electron chi connectivity index (χ3n) is 11.1. The second kappa shape index (κ2) is 19.3. The number of amides is 2. The number of nitrogen functional groups attached to an aromatic ring is 1. The van der Waals surface area contributed by atoms with E-state index in [2.05, 4.69) is 53.2 Å². The number of carbonyl (C=O) groups is 2. The Morgan fingerprint density at radius 2 is 1.12 bits per heavy atom. The molecule has 2 aromatic rings. The molecule has 0 aliphatic carbocycles. The fourth-order valence-corrected chi connectivity index (χ4v) is 9.90. The molecule has 0 unspecified atom stereocenters. The van der Waals surface area contributed by atoms with Gasteiger partial charge in [-0.25, -0.2) is 0 Å². The van der Waals surface area contributed by atoms with Crippen molar-refractivity contribution in [3.8, 4) is 0 Å². The van der Waals surface area contributed by atoms with Crippen LogP contribution in [0.2, 0.25) is 0 Å². The second-order valence-electron chi connectivity index (χ2n) is 14.8. The van der Waals surface area contributed by atoms with Crippen molar-refractivity contribution in [3.63, 3.8) is 0 Å². The fraction of sp³-hybridized carbons (Fsp3) is 0.650. The van der Waals surface area contributed by atoms with Gasteiger partial charge in [0.2, 0.25) is 0 Å². The predicted octanol–water partition coefficient (Wildman–Crippen LogP) is 2.46. The maximum atomic E-state index is 13.8. The molecule has 6 rings (SSSR count). The van der Waals surface area contributed by atoms with Crippen LogP contribution >= 0.6 is 0 Å². The topological polar surface area (TPSA) is 91.6 Å². The van der Waals surface area contributed by atoms with E-state index in [0.29, 0.717) is 0 Å². The maximum absolute atomic E-state index is 13.8. The van der Waals surface area contributed by atoms with Gasteiger partial charge in [-0.3, -0.25) is 0 Å². The van der Waals surface area contributed by atoms with Gasteiger partial charge in [0.1, 0.15) is 0 Å². The van der Waals surface area contributed by atoms with Crippen LogP contribution in [0.4, 0.5) is 22.7 Å².